The molecule has 0 atom stereocenters. The Kier molecular flexibility index (Phi) is 2.80. The lowest BCUT2D eigenvalue weighted by molar-refractivity contribution is 0.922. The third-order valence-electron chi connectivity index (χ3n) is 2.66. The van der Waals surface area contributed by atoms with Gasteiger partial charge in [-0.15, -0.1) is 0 Å². The molecule has 0 saturated heterocycles. The molecule has 0 amide bonds. The second kappa shape index (κ2) is 4.26. The minimum Gasteiger partial charge on any atom is -0.318 e. The highest BCUT2D eigenvalue weighted by Gasteiger charge is 2.03. The van der Waals surface area contributed by atoms with Crippen molar-refractivity contribution in [3.63, 3.8) is 0 Å². The van der Waals surface area contributed by atoms with Gasteiger partial charge in [0.05, 0.1) is 11.6 Å². The average Bonchev–Trinajstić information content (AvgIpc) is 2.28. The van der Waals surface area contributed by atoms with Crippen LogP contribution in [-0.2, 0) is 0 Å². The van der Waals surface area contributed by atoms with Crippen molar-refractivity contribution in [3.05, 3.63) is 63.6 Å². The summed E-state index contributed by atoms with van der Waals surface area (Å²) in [7, 11) is 0. The number of aryl methyl sites for hydroxylation is 2. The van der Waals surface area contributed by atoms with Crippen molar-refractivity contribution in [2.24, 2.45) is 0 Å². The molecule has 0 aliphatic heterocycles. The summed E-state index contributed by atoms with van der Waals surface area (Å²) in [4.78, 5) is 11.3. The van der Waals surface area contributed by atoms with Crippen LogP contribution in [0.4, 0.5) is 0 Å². The summed E-state index contributed by atoms with van der Waals surface area (Å²) in [5, 5.41) is 8.75. The zero-order valence-electron chi connectivity index (χ0n) is 9.77. The van der Waals surface area contributed by atoms with Crippen molar-refractivity contribution in [2.75, 3.05) is 0 Å². The molecule has 1 aromatic heterocycles. The van der Waals surface area contributed by atoms with Gasteiger partial charge < -0.3 is 4.57 Å². The Bertz CT molecular complexity index is 619. The molecule has 0 fully saturated rings. The number of hydrogen-bond acceptors (Lipinski definition) is 2. The number of nitriles is 1. The van der Waals surface area contributed by atoms with Crippen molar-refractivity contribution in [1.29, 1.82) is 5.26 Å². The van der Waals surface area contributed by atoms with Crippen LogP contribution in [0.25, 0.3) is 5.69 Å². The SMILES string of the molecule is Cc1cc(=O)cc(C)n1-c1ccc(C#N)cc1. The summed E-state index contributed by atoms with van der Waals surface area (Å²) < 4.78 is 1.99. The van der Waals surface area contributed by atoms with E-state index in [1.165, 1.54) is 0 Å². The van der Waals surface area contributed by atoms with Crippen molar-refractivity contribution in [3.8, 4) is 11.8 Å². The predicted molar refractivity (Wildman–Crippen MR) is 66.2 cm³/mol. The first kappa shape index (κ1) is 11.2. The molecule has 1 aromatic carbocycles. The maximum absolute atomic E-state index is 11.3. The van der Waals surface area contributed by atoms with Gasteiger partial charge in [0.2, 0.25) is 0 Å². The van der Waals surface area contributed by atoms with Crippen molar-refractivity contribution in [2.45, 2.75) is 13.8 Å². The Morgan fingerprint density at radius 1 is 1.06 bits per heavy atom. The second-order valence-corrected chi connectivity index (χ2v) is 3.97. The average molecular weight is 224 g/mol. The number of rotatable bonds is 1. The number of hydrogen-bond donors (Lipinski definition) is 0. The zero-order chi connectivity index (χ0) is 12.4. The standard InChI is InChI=1S/C14H12N2O/c1-10-7-14(17)8-11(2)16(10)13-5-3-12(9-15)4-6-13/h3-8H,1-2H3. The first-order valence-corrected chi connectivity index (χ1v) is 5.32. The van der Waals surface area contributed by atoms with Gasteiger partial charge in [0.1, 0.15) is 0 Å². The van der Waals surface area contributed by atoms with Gasteiger partial charge in [-0.2, -0.15) is 5.26 Å². The van der Waals surface area contributed by atoms with Crippen LogP contribution < -0.4 is 5.43 Å². The monoisotopic (exact) mass is 224 g/mol. The van der Waals surface area contributed by atoms with E-state index in [0.717, 1.165) is 17.1 Å². The molecule has 0 radical (unpaired) electrons. The minimum absolute atomic E-state index is 0.0184. The Morgan fingerprint density at radius 3 is 2.06 bits per heavy atom. The van der Waals surface area contributed by atoms with Crippen LogP contribution in [0, 0.1) is 25.2 Å². The van der Waals surface area contributed by atoms with E-state index in [2.05, 4.69) is 6.07 Å². The van der Waals surface area contributed by atoms with Crippen LogP contribution in [-0.4, -0.2) is 4.57 Å². The minimum atomic E-state index is 0.0184. The van der Waals surface area contributed by atoms with E-state index in [1.807, 2.05) is 30.5 Å². The van der Waals surface area contributed by atoms with Crippen LogP contribution in [0.15, 0.2) is 41.2 Å². The largest absolute Gasteiger partial charge is 0.318 e. The van der Waals surface area contributed by atoms with E-state index < -0.39 is 0 Å². The first-order valence-electron chi connectivity index (χ1n) is 5.32. The molecule has 3 heteroatoms. The highest BCUT2D eigenvalue weighted by Crippen LogP contribution is 2.13. The van der Waals surface area contributed by atoms with E-state index in [-0.39, 0.29) is 5.43 Å². The van der Waals surface area contributed by atoms with Crippen LogP contribution in [0.3, 0.4) is 0 Å². The lowest BCUT2D eigenvalue weighted by Crippen LogP contribution is -2.11. The maximum Gasteiger partial charge on any atom is 0.182 e. The fourth-order valence-electron chi connectivity index (χ4n) is 1.95. The van der Waals surface area contributed by atoms with Crippen molar-refractivity contribution < 1.29 is 0 Å². The molecule has 0 spiro atoms. The molecule has 0 aliphatic rings. The molecule has 0 N–H and O–H groups in total. The Balaban J connectivity index is 2.61. The van der Waals surface area contributed by atoms with E-state index in [4.69, 9.17) is 5.26 Å². The molecule has 84 valence electrons. The van der Waals surface area contributed by atoms with Gasteiger partial charge in [0.15, 0.2) is 5.43 Å². The number of aromatic nitrogens is 1. The van der Waals surface area contributed by atoms with Gasteiger partial charge in [-0.3, -0.25) is 4.79 Å². The molecule has 2 aromatic rings. The lowest BCUT2D eigenvalue weighted by atomic mass is 10.2. The molecule has 1 heterocycles. The van der Waals surface area contributed by atoms with Crippen LogP contribution in [0.5, 0.6) is 0 Å². The van der Waals surface area contributed by atoms with Crippen LogP contribution >= 0.6 is 0 Å². The fourth-order valence-corrected chi connectivity index (χ4v) is 1.95. The van der Waals surface area contributed by atoms with E-state index in [9.17, 15) is 4.79 Å². The predicted octanol–water partition coefficient (Wildman–Crippen LogP) is 2.33. The molecule has 0 aliphatic carbocycles. The second-order valence-electron chi connectivity index (χ2n) is 3.97. The van der Waals surface area contributed by atoms with E-state index >= 15 is 0 Å². The summed E-state index contributed by atoms with van der Waals surface area (Å²) in [6, 6.07) is 12.6. The molecule has 2 rings (SSSR count). The first-order chi connectivity index (χ1) is 8.11. The summed E-state index contributed by atoms with van der Waals surface area (Å²) in [5.41, 5.74) is 3.38. The van der Waals surface area contributed by atoms with Crippen LogP contribution in [0.2, 0.25) is 0 Å². The summed E-state index contributed by atoms with van der Waals surface area (Å²) in [6.45, 7) is 3.79. The van der Waals surface area contributed by atoms with E-state index in [1.54, 1.807) is 24.3 Å². The highest BCUT2D eigenvalue weighted by molar-refractivity contribution is 5.41. The summed E-state index contributed by atoms with van der Waals surface area (Å²) in [6.07, 6.45) is 0. The molecule has 17 heavy (non-hydrogen) atoms. The topological polar surface area (TPSA) is 45.8 Å². The molecular formula is C14H12N2O. The van der Waals surface area contributed by atoms with E-state index in [0.29, 0.717) is 5.56 Å². The fraction of sp³-hybridized carbons (Fsp3) is 0.143. The molecule has 0 saturated carbocycles. The summed E-state index contributed by atoms with van der Waals surface area (Å²) in [5.74, 6) is 0. The maximum atomic E-state index is 11.3. The quantitative estimate of drug-likeness (QED) is 0.746. The lowest BCUT2D eigenvalue weighted by Gasteiger charge is -2.14. The van der Waals surface area contributed by atoms with Gasteiger partial charge >= 0.3 is 0 Å². The number of pyridine rings is 1. The zero-order valence-corrected chi connectivity index (χ0v) is 9.77. The molecule has 3 nitrogen and oxygen atoms in total. The van der Waals surface area contributed by atoms with Gasteiger partial charge in [-0.1, -0.05) is 0 Å². The Morgan fingerprint density at radius 2 is 1.59 bits per heavy atom. The molecule has 0 unspecified atom stereocenters. The molecular weight excluding hydrogens is 212 g/mol. The van der Waals surface area contributed by atoms with Gasteiger partial charge in [0, 0.05) is 29.2 Å². The Hall–Kier alpha value is -2.34. The van der Waals surface area contributed by atoms with Crippen molar-refractivity contribution >= 4 is 0 Å². The normalized spacial score (nSPS) is 9.94. The van der Waals surface area contributed by atoms with Gasteiger partial charge in [-0.05, 0) is 38.1 Å². The van der Waals surface area contributed by atoms with Gasteiger partial charge in [-0.25, -0.2) is 0 Å². The Labute approximate surface area is 99.6 Å². The summed E-state index contributed by atoms with van der Waals surface area (Å²) >= 11 is 0. The smallest absolute Gasteiger partial charge is 0.182 e. The third kappa shape index (κ3) is 2.11. The molecule has 0 bridgehead atoms. The van der Waals surface area contributed by atoms with Gasteiger partial charge in [0.25, 0.3) is 0 Å². The van der Waals surface area contributed by atoms with Crippen molar-refractivity contribution in [1.82, 2.24) is 4.57 Å². The number of nitrogens with zero attached hydrogens (tertiary/aromatic N) is 2. The number of benzene rings is 1. The highest BCUT2D eigenvalue weighted by atomic mass is 16.1. The third-order valence-corrected chi connectivity index (χ3v) is 2.66. The van der Waals surface area contributed by atoms with Crippen LogP contribution in [0.1, 0.15) is 17.0 Å².